The number of aromatic nitrogens is 2. The van der Waals surface area contributed by atoms with Gasteiger partial charge in [-0.25, -0.2) is 5.01 Å². The Morgan fingerprint density at radius 3 is 2.45 bits per heavy atom. The van der Waals surface area contributed by atoms with E-state index in [-0.39, 0.29) is 17.7 Å². The lowest BCUT2D eigenvalue weighted by Crippen LogP contribution is -2.42. The number of hydrazone groups is 1. The van der Waals surface area contributed by atoms with Crippen LogP contribution in [-0.2, 0) is 9.59 Å². The first-order valence-corrected chi connectivity index (χ1v) is 12.0. The molecule has 11 heteroatoms. The smallest absolute Gasteiger partial charge is 0.337 e. The van der Waals surface area contributed by atoms with Crippen LogP contribution in [-0.4, -0.2) is 43.6 Å². The molecule has 194 valence electrons. The maximum atomic E-state index is 14.7. The van der Waals surface area contributed by atoms with Gasteiger partial charge < -0.3 is 15.1 Å². The van der Waals surface area contributed by atoms with Crippen molar-refractivity contribution in [2.45, 2.75) is 31.7 Å². The van der Waals surface area contributed by atoms with Crippen molar-refractivity contribution < 1.29 is 23.5 Å². The molecular formula is C27H21ClF2N4O4. The predicted molar refractivity (Wildman–Crippen MR) is 138 cm³/mol. The van der Waals surface area contributed by atoms with Crippen molar-refractivity contribution in [3.05, 3.63) is 92.9 Å². The number of hydrogen-bond donors (Lipinski definition) is 3. The molecule has 1 aliphatic heterocycles. The number of alkyl halides is 2. The second-order valence-electron chi connectivity index (χ2n) is 9.08. The van der Waals surface area contributed by atoms with Gasteiger partial charge in [-0.1, -0.05) is 53.6 Å². The molecule has 38 heavy (non-hydrogen) atoms. The first kappa shape index (κ1) is 25.3. The van der Waals surface area contributed by atoms with Gasteiger partial charge in [0, 0.05) is 28.6 Å². The molecule has 1 amide bonds. The van der Waals surface area contributed by atoms with E-state index in [1.165, 1.54) is 0 Å². The molecule has 2 aromatic carbocycles. The number of fused-ring (bicyclic) bond motifs is 1. The lowest BCUT2D eigenvalue weighted by Gasteiger charge is -2.25. The number of aliphatic carboxylic acids is 1. The van der Waals surface area contributed by atoms with Crippen LogP contribution in [0.4, 0.5) is 8.78 Å². The minimum absolute atomic E-state index is 0.0441. The number of carboxylic acid groups (broad SMARTS) is 1. The molecule has 0 aliphatic carbocycles. The number of halogens is 3. The van der Waals surface area contributed by atoms with Crippen molar-refractivity contribution in [1.82, 2.24) is 15.0 Å². The standard InChI is InChI=1S/C27H21ClF2N4O4/c1-14-2-4-15(5-3-14)20-12-19(33-34(20)26(38)27(29,30)13-21(35)36)23-22(16-6-8-17(28)9-7-16)18-10-11-31-24(18)32-25(23)37/h2-11,20H,12-13H2,1H3,(H,35,36)(H2,31,32,37)/t20-/m0/s1. The third-order valence-corrected chi connectivity index (χ3v) is 6.67. The van der Waals surface area contributed by atoms with Crippen LogP contribution in [0.3, 0.4) is 0 Å². The molecule has 0 bridgehead atoms. The Balaban J connectivity index is 1.70. The number of pyridine rings is 1. The summed E-state index contributed by atoms with van der Waals surface area (Å²) in [5.41, 5.74) is 2.72. The lowest BCUT2D eigenvalue weighted by atomic mass is 9.92. The molecule has 2 aromatic heterocycles. The second kappa shape index (κ2) is 9.53. The Morgan fingerprint density at radius 2 is 1.79 bits per heavy atom. The number of rotatable bonds is 6. The number of hydrogen-bond acceptors (Lipinski definition) is 4. The number of nitrogens with zero attached hydrogens (tertiary/aromatic N) is 2. The van der Waals surface area contributed by atoms with Crippen molar-refractivity contribution in [1.29, 1.82) is 0 Å². The zero-order chi connectivity index (χ0) is 27.2. The van der Waals surface area contributed by atoms with Crippen LogP contribution in [0.5, 0.6) is 0 Å². The molecule has 1 atom stereocenters. The molecule has 1 aliphatic rings. The van der Waals surface area contributed by atoms with E-state index in [0.717, 1.165) is 5.56 Å². The highest BCUT2D eigenvalue weighted by molar-refractivity contribution is 6.30. The van der Waals surface area contributed by atoms with Crippen LogP contribution in [0.15, 0.2) is 70.7 Å². The molecule has 4 aromatic rings. The normalized spacial score (nSPS) is 15.6. The van der Waals surface area contributed by atoms with Gasteiger partial charge in [-0.05, 0) is 36.2 Å². The third kappa shape index (κ3) is 4.58. The number of amides is 1. The number of carbonyl (C=O) groups is 2. The fraction of sp³-hybridized carbons (Fsp3) is 0.185. The summed E-state index contributed by atoms with van der Waals surface area (Å²) in [7, 11) is 0. The van der Waals surface area contributed by atoms with E-state index in [0.29, 0.717) is 37.8 Å². The van der Waals surface area contributed by atoms with Crippen molar-refractivity contribution in [2.24, 2.45) is 5.10 Å². The average Bonchev–Trinajstić information content (AvgIpc) is 3.50. The van der Waals surface area contributed by atoms with Crippen molar-refractivity contribution in [2.75, 3.05) is 0 Å². The molecule has 0 spiro atoms. The van der Waals surface area contributed by atoms with E-state index < -0.39 is 35.8 Å². The van der Waals surface area contributed by atoms with Crippen LogP contribution < -0.4 is 5.56 Å². The predicted octanol–water partition coefficient (Wildman–Crippen LogP) is 5.27. The van der Waals surface area contributed by atoms with E-state index in [9.17, 15) is 23.2 Å². The Hall–Kier alpha value is -4.31. The Bertz CT molecular complexity index is 1640. The van der Waals surface area contributed by atoms with E-state index >= 15 is 0 Å². The molecule has 0 saturated heterocycles. The van der Waals surface area contributed by atoms with Crippen molar-refractivity contribution >= 4 is 40.2 Å². The molecule has 0 radical (unpaired) electrons. The molecular weight excluding hydrogens is 518 g/mol. The summed E-state index contributed by atoms with van der Waals surface area (Å²) in [6.07, 6.45) is -0.0745. The SMILES string of the molecule is Cc1ccc([C@@H]2CC(c3c(-c4ccc(Cl)cc4)c4cc[nH]c4[nH]c3=O)=NN2C(=O)C(F)(F)CC(=O)O)cc1. The molecule has 8 nitrogen and oxygen atoms in total. The molecule has 3 N–H and O–H groups in total. The number of benzene rings is 2. The van der Waals surface area contributed by atoms with Gasteiger partial charge in [0.2, 0.25) is 0 Å². The summed E-state index contributed by atoms with van der Waals surface area (Å²) in [6, 6.07) is 14.5. The van der Waals surface area contributed by atoms with Crippen LogP contribution in [0, 0.1) is 6.92 Å². The number of aryl methyl sites for hydroxylation is 1. The number of aromatic amines is 2. The van der Waals surface area contributed by atoms with Crippen LogP contribution in [0.25, 0.3) is 22.2 Å². The van der Waals surface area contributed by atoms with Gasteiger partial charge in [-0.3, -0.25) is 14.4 Å². The van der Waals surface area contributed by atoms with Crippen LogP contribution >= 0.6 is 11.6 Å². The lowest BCUT2D eigenvalue weighted by molar-refractivity contribution is -0.167. The Kier molecular flexibility index (Phi) is 6.36. The van der Waals surface area contributed by atoms with E-state index in [1.807, 2.05) is 6.92 Å². The quantitative estimate of drug-likeness (QED) is 0.310. The number of carboxylic acids is 1. The highest BCUT2D eigenvalue weighted by atomic mass is 35.5. The van der Waals surface area contributed by atoms with Gasteiger partial charge in [0.1, 0.15) is 12.1 Å². The summed E-state index contributed by atoms with van der Waals surface area (Å²) in [5.74, 6) is -7.78. The zero-order valence-corrected chi connectivity index (χ0v) is 20.7. The summed E-state index contributed by atoms with van der Waals surface area (Å²) in [4.78, 5) is 43.1. The molecule has 3 heterocycles. The minimum Gasteiger partial charge on any atom is -0.481 e. The maximum Gasteiger partial charge on any atom is 0.337 e. The fourth-order valence-electron chi connectivity index (χ4n) is 4.63. The molecule has 5 rings (SSSR count). The summed E-state index contributed by atoms with van der Waals surface area (Å²) in [5, 5.41) is 14.9. The number of carbonyl (C=O) groups excluding carboxylic acids is 1. The Morgan fingerprint density at radius 1 is 1.11 bits per heavy atom. The maximum absolute atomic E-state index is 14.7. The van der Waals surface area contributed by atoms with Crippen LogP contribution in [0.1, 0.15) is 35.6 Å². The fourth-order valence-corrected chi connectivity index (χ4v) is 4.75. The second-order valence-corrected chi connectivity index (χ2v) is 9.52. The first-order valence-electron chi connectivity index (χ1n) is 11.6. The Labute approximate surface area is 219 Å². The number of H-pyrrole nitrogens is 2. The zero-order valence-electron chi connectivity index (χ0n) is 20.0. The van der Waals surface area contributed by atoms with Gasteiger partial charge in [0.25, 0.3) is 5.56 Å². The van der Waals surface area contributed by atoms with Gasteiger partial charge >= 0.3 is 17.8 Å². The summed E-state index contributed by atoms with van der Waals surface area (Å²) >= 11 is 6.07. The molecule has 0 fully saturated rings. The van der Waals surface area contributed by atoms with Gasteiger partial charge in [-0.15, -0.1) is 0 Å². The summed E-state index contributed by atoms with van der Waals surface area (Å²) < 4.78 is 29.4. The van der Waals surface area contributed by atoms with Crippen molar-refractivity contribution in [3.63, 3.8) is 0 Å². The third-order valence-electron chi connectivity index (χ3n) is 6.42. The molecule has 0 unspecified atom stereocenters. The van der Waals surface area contributed by atoms with E-state index in [2.05, 4.69) is 15.1 Å². The van der Waals surface area contributed by atoms with Crippen LogP contribution in [0.2, 0.25) is 5.02 Å². The largest absolute Gasteiger partial charge is 0.481 e. The van der Waals surface area contributed by atoms with Gasteiger partial charge in [-0.2, -0.15) is 13.9 Å². The average molecular weight is 539 g/mol. The highest BCUT2D eigenvalue weighted by Gasteiger charge is 2.49. The molecule has 0 saturated carbocycles. The van der Waals surface area contributed by atoms with Crippen molar-refractivity contribution in [3.8, 4) is 11.1 Å². The topological polar surface area (TPSA) is 119 Å². The highest BCUT2D eigenvalue weighted by Crippen LogP contribution is 2.39. The van der Waals surface area contributed by atoms with Gasteiger partial charge in [0.15, 0.2) is 0 Å². The first-order chi connectivity index (χ1) is 18.0. The van der Waals surface area contributed by atoms with E-state index in [1.54, 1.807) is 60.8 Å². The van der Waals surface area contributed by atoms with Gasteiger partial charge in [0.05, 0.1) is 17.3 Å². The summed E-state index contributed by atoms with van der Waals surface area (Å²) in [6.45, 7) is 1.86. The minimum atomic E-state index is -4.20. The van der Waals surface area contributed by atoms with E-state index in [4.69, 9.17) is 16.7 Å². The monoisotopic (exact) mass is 538 g/mol. The number of nitrogens with one attached hydrogen (secondary N) is 2.